The normalized spacial score (nSPS) is 16.6. The Kier molecular flexibility index (Phi) is 10.0. The van der Waals surface area contributed by atoms with Gasteiger partial charge in [-0.3, -0.25) is 14.5 Å². The molecule has 3 rings (SSSR count). The molecule has 2 aromatic rings. The number of aliphatic imine (C=N–C) groups is 1. The molecular weight excluding hydrogens is 531 g/mol. The molecular formula is C21H30ClIN6O2. The van der Waals surface area contributed by atoms with Crippen LogP contribution in [-0.4, -0.2) is 59.3 Å². The monoisotopic (exact) mass is 560 g/mol. The molecule has 0 radical (unpaired) electrons. The summed E-state index contributed by atoms with van der Waals surface area (Å²) in [5.74, 6) is 0.705. The van der Waals surface area contributed by atoms with Crippen molar-refractivity contribution in [2.45, 2.75) is 26.4 Å². The molecule has 1 fully saturated rings. The number of nitrogens with zero attached hydrogens (tertiary/aromatic N) is 4. The first-order valence-corrected chi connectivity index (χ1v) is 10.5. The number of nitrogens with one attached hydrogen (secondary N) is 2. The van der Waals surface area contributed by atoms with E-state index in [0.29, 0.717) is 24.7 Å². The van der Waals surface area contributed by atoms with Gasteiger partial charge >= 0.3 is 0 Å². The summed E-state index contributed by atoms with van der Waals surface area (Å²) in [6.45, 7) is 7.10. The number of morpholine rings is 1. The number of guanidine groups is 1. The molecule has 1 aromatic heterocycles. The van der Waals surface area contributed by atoms with E-state index in [9.17, 15) is 4.79 Å². The zero-order valence-corrected chi connectivity index (χ0v) is 21.2. The second-order valence-electron chi connectivity index (χ2n) is 7.20. The number of halogens is 2. The number of hydrogen-bond donors (Lipinski definition) is 2. The highest BCUT2D eigenvalue weighted by molar-refractivity contribution is 14.0. The van der Waals surface area contributed by atoms with Crippen LogP contribution in [0.2, 0.25) is 5.02 Å². The van der Waals surface area contributed by atoms with E-state index < -0.39 is 0 Å². The lowest BCUT2D eigenvalue weighted by atomic mass is 10.1. The van der Waals surface area contributed by atoms with Crippen LogP contribution < -0.4 is 10.6 Å². The SMILES string of the molecule is CCNC(=NCCC(=O)Nc1cccc(Cl)c1C)N1CCOC(c2cnn(C)c2)C1.I. The third-order valence-electron chi connectivity index (χ3n) is 4.94. The van der Waals surface area contributed by atoms with Crippen molar-refractivity contribution in [2.24, 2.45) is 12.0 Å². The molecule has 1 aromatic carbocycles. The lowest BCUT2D eigenvalue weighted by Crippen LogP contribution is -2.48. The topological polar surface area (TPSA) is 83.8 Å². The smallest absolute Gasteiger partial charge is 0.226 e. The maximum atomic E-state index is 12.3. The first kappa shape index (κ1) is 25.4. The van der Waals surface area contributed by atoms with E-state index >= 15 is 0 Å². The number of anilines is 1. The molecule has 2 N–H and O–H groups in total. The van der Waals surface area contributed by atoms with Gasteiger partial charge in [-0.15, -0.1) is 24.0 Å². The first-order valence-electron chi connectivity index (χ1n) is 10.2. The van der Waals surface area contributed by atoms with Gasteiger partial charge in [0, 0.05) is 49.0 Å². The standard InChI is InChI=1S/C21H29ClN6O2.HI/c1-4-23-21(28-10-11-30-19(14-28)16-12-25-27(3)13-16)24-9-8-20(29)26-18-7-5-6-17(22)15(18)2;/h5-7,12-13,19H,4,8-11,14H2,1-3H3,(H,23,24)(H,26,29);1H. The van der Waals surface area contributed by atoms with Crippen LogP contribution in [0.5, 0.6) is 0 Å². The quantitative estimate of drug-likeness (QED) is 0.322. The number of aromatic nitrogens is 2. The van der Waals surface area contributed by atoms with Crippen molar-refractivity contribution in [1.82, 2.24) is 20.0 Å². The minimum atomic E-state index is -0.0878. The Balaban J connectivity index is 0.00000341. The van der Waals surface area contributed by atoms with Crippen LogP contribution in [0.15, 0.2) is 35.6 Å². The summed E-state index contributed by atoms with van der Waals surface area (Å²) >= 11 is 6.12. The molecule has 0 aliphatic carbocycles. The van der Waals surface area contributed by atoms with E-state index in [1.807, 2.05) is 45.4 Å². The largest absolute Gasteiger partial charge is 0.370 e. The van der Waals surface area contributed by atoms with Crippen LogP contribution in [0.4, 0.5) is 5.69 Å². The number of ether oxygens (including phenoxy) is 1. The number of hydrogen-bond acceptors (Lipinski definition) is 4. The molecule has 0 bridgehead atoms. The van der Waals surface area contributed by atoms with Gasteiger partial charge in [0.2, 0.25) is 5.91 Å². The summed E-state index contributed by atoms with van der Waals surface area (Å²) in [7, 11) is 1.89. The number of carbonyl (C=O) groups is 1. The lowest BCUT2D eigenvalue weighted by Gasteiger charge is -2.34. The van der Waals surface area contributed by atoms with Crippen LogP contribution in [0.1, 0.15) is 30.6 Å². The number of carbonyl (C=O) groups excluding carboxylic acids is 1. The van der Waals surface area contributed by atoms with E-state index in [0.717, 1.165) is 35.9 Å². The van der Waals surface area contributed by atoms with E-state index in [2.05, 4.69) is 25.6 Å². The molecule has 2 heterocycles. The zero-order valence-electron chi connectivity index (χ0n) is 18.1. The summed E-state index contributed by atoms with van der Waals surface area (Å²) in [6.07, 6.45) is 4.04. The average molecular weight is 561 g/mol. The minimum absolute atomic E-state index is 0. The molecule has 1 saturated heterocycles. The predicted octanol–water partition coefficient (Wildman–Crippen LogP) is 3.37. The summed E-state index contributed by atoms with van der Waals surface area (Å²) < 4.78 is 7.69. The fourth-order valence-corrected chi connectivity index (χ4v) is 3.47. The van der Waals surface area contributed by atoms with E-state index in [1.165, 1.54) is 0 Å². The van der Waals surface area contributed by atoms with Crippen LogP contribution in [0.3, 0.4) is 0 Å². The zero-order chi connectivity index (χ0) is 21.5. The van der Waals surface area contributed by atoms with Crippen molar-refractivity contribution in [2.75, 3.05) is 38.1 Å². The Bertz CT molecular complexity index is 904. The molecule has 10 heteroatoms. The van der Waals surface area contributed by atoms with Crippen LogP contribution in [0, 0.1) is 6.92 Å². The average Bonchev–Trinajstić information content (AvgIpc) is 3.17. The van der Waals surface area contributed by atoms with Gasteiger partial charge in [0.25, 0.3) is 0 Å². The van der Waals surface area contributed by atoms with Gasteiger partial charge in [0.1, 0.15) is 6.10 Å². The number of amides is 1. The van der Waals surface area contributed by atoms with Gasteiger partial charge in [-0.25, -0.2) is 0 Å². The Morgan fingerprint density at radius 3 is 2.94 bits per heavy atom. The number of rotatable bonds is 6. The molecule has 1 amide bonds. The lowest BCUT2D eigenvalue weighted by molar-refractivity contribution is -0.116. The van der Waals surface area contributed by atoms with Gasteiger partial charge in [-0.05, 0) is 31.5 Å². The molecule has 170 valence electrons. The van der Waals surface area contributed by atoms with Gasteiger partial charge in [-0.1, -0.05) is 17.7 Å². The Morgan fingerprint density at radius 2 is 2.23 bits per heavy atom. The molecule has 8 nitrogen and oxygen atoms in total. The molecule has 1 atom stereocenters. The van der Waals surface area contributed by atoms with E-state index in [-0.39, 0.29) is 42.4 Å². The molecule has 1 aliphatic heterocycles. The fraction of sp³-hybridized carbons (Fsp3) is 0.476. The number of benzene rings is 1. The van der Waals surface area contributed by atoms with Gasteiger partial charge in [-0.2, -0.15) is 5.10 Å². The Hall–Kier alpha value is -1.85. The first-order chi connectivity index (χ1) is 14.5. The molecule has 1 unspecified atom stereocenters. The molecule has 1 aliphatic rings. The second-order valence-corrected chi connectivity index (χ2v) is 7.61. The minimum Gasteiger partial charge on any atom is -0.370 e. The number of aryl methyl sites for hydroxylation is 1. The van der Waals surface area contributed by atoms with Crippen LogP contribution in [-0.2, 0) is 16.6 Å². The van der Waals surface area contributed by atoms with Crippen molar-refractivity contribution in [3.05, 3.63) is 46.7 Å². The summed E-state index contributed by atoms with van der Waals surface area (Å²) in [4.78, 5) is 19.2. The highest BCUT2D eigenvalue weighted by Gasteiger charge is 2.25. The molecule has 0 saturated carbocycles. The Labute approximate surface area is 205 Å². The fourth-order valence-electron chi connectivity index (χ4n) is 3.29. The van der Waals surface area contributed by atoms with Crippen molar-refractivity contribution in [3.8, 4) is 0 Å². The maximum Gasteiger partial charge on any atom is 0.226 e. The van der Waals surface area contributed by atoms with Crippen molar-refractivity contribution in [3.63, 3.8) is 0 Å². The third kappa shape index (κ3) is 7.08. The molecule has 0 spiro atoms. The van der Waals surface area contributed by atoms with Gasteiger partial charge in [0.05, 0.1) is 25.9 Å². The van der Waals surface area contributed by atoms with E-state index in [1.54, 1.807) is 10.7 Å². The highest BCUT2D eigenvalue weighted by atomic mass is 127. The summed E-state index contributed by atoms with van der Waals surface area (Å²) in [5.41, 5.74) is 2.64. The van der Waals surface area contributed by atoms with Crippen LogP contribution in [0.25, 0.3) is 0 Å². The van der Waals surface area contributed by atoms with Gasteiger partial charge < -0.3 is 20.3 Å². The van der Waals surface area contributed by atoms with E-state index in [4.69, 9.17) is 16.3 Å². The predicted molar refractivity (Wildman–Crippen MR) is 134 cm³/mol. The maximum absolute atomic E-state index is 12.3. The van der Waals surface area contributed by atoms with Crippen LogP contribution >= 0.6 is 35.6 Å². The molecule has 31 heavy (non-hydrogen) atoms. The third-order valence-corrected chi connectivity index (χ3v) is 5.35. The highest BCUT2D eigenvalue weighted by Crippen LogP contribution is 2.23. The van der Waals surface area contributed by atoms with Gasteiger partial charge in [0.15, 0.2) is 5.96 Å². The van der Waals surface area contributed by atoms with Crippen molar-refractivity contribution in [1.29, 1.82) is 0 Å². The summed E-state index contributed by atoms with van der Waals surface area (Å²) in [5, 5.41) is 11.1. The second kappa shape index (κ2) is 12.3. The van der Waals surface area contributed by atoms with Crippen molar-refractivity contribution < 1.29 is 9.53 Å². The summed E-state index contributed by atoms with van der Waals surface area (Å²) in [6, 6.07) is 5.48. The van der Waals surface area contributed by atoms with Crippen molar-refractivity contribution >= 4 is 53.1 Å². The Morgan fingerprint density at radius 1 is 1.42 bits per heavy atom.